The SMILES string of the molecule is CC(O)(CO)CNC1CCN(Cc2ccccc2)CC1. The Balaban J connectivity index is 1.70. The van der Waals surface area contributed by atoms with Crippen molar-refractivity contribution in [2.75, 3.05) is 26.2 Å². The van der Waals surface area contributed by atoms with Crippen LogP contribution in [0, 0.1) is 0 Å². The molecule has 1 aliphatic rings. The number of piperidine rings is 1. The van der Waals surface area contributed by atoms with Gasteiger partial charge in [-0.3, -0.25) is 4.90 Å². The van der Waals surface area contributed by atoms with Crippen molar-refractivity contribution in [2.24, 2.45) is 0 Å². The second-order valence-corrected chi connectivity index (χ2v) is 6.07. The fourth-order valence-electron chi connectivity index (χ4n) is 2.56. The summed E-state index contributed by atoms with van der Waals surface area (Å²) in [6.45, 7) is 5.08. The summed E-state index contributed by atoms with van der Waals surface area (Å²) in [6, 6.07) is 11.0. The first kappa shape index (κ1) is 15.4. The fourth-order valence-corrected chi connectivity index (χ4v) is 2.56. The Morgan fingerprint density at radius 3 is 2.50 bits per heavy atom. The summed E-state index contributed by atoms with van der Waals surface area (Å²) in [5, 5.41) is 22.2. The second-order valence-electron chi connectivity index (χ2n) is 6.07. The van der Waals surface area contributed by atoms with E-state index in [1.165, 1.54) is 5.56 Å². The Hall–Kier alpha value is -0.940. The Labute approximate surface area is 121 Å². The minimum Gasteiger partial charge on any atom is -0.393 e. The first-order valence-corrected chi connectivity index (χ1v) is 7.42. The van der Waals surface area contributed by atoms with Crippen molar-refractivity contribution < 1.29 is 10.2 Å². The molecule has 1 heterocycles. The van der Waals surface area contributed by atoms with Gasteiger partial charge in [-0.25, -0.2) is 0 Å². The lowest BCUT2D eigenvalue weighted by molar-refractivity contribution is -0.000998. The van der Waals surface area contributed by atoms with Crippen LogP contribution in [-0.4, -0.2) is 53.0 Å². The van der Waals surface area contributed by atoms with Crippen LogP contribution in [0.2, 0.25) is 0 Å². The van der Waals surface area contributed by atoms with E-state index in [1.54, 1.807) is 6.92 Å². The van der Waals surface area contributed by atoms with E-state index < -0.39 is 5.60 Å². The van der Waals surface area contributed by atoms with Crippen molar-refractivity contribution in [2.45, 2.75) is 38.0 Å². The summed E-state index contributed by atoms with van der Waals surface area (Å²) in [5.74, 6) is 0. The van der Waals surface area contributed by atoms with Crippen LogP contribution in [-0.2, 0) is 6.54 Å². The van der Waals surface area contributed by atoms with Gasteiger partial charge in [-0.2, -0.15) is 0 Å². The predicted molar refractivity (Wildman–Crippen MR) is 80.5 cm³/mol. The molecule has 0 aromatic heterocycles. The van der Waals surface area contributed by atoms with Crippen LogP contribution in [0.4, 0.5) is 0 Å². The molecule has 4 heteroatoms. The molecule has 4 nitrogen and oxygen atoms in total. The normalized spacial score (nSPS) is 20.8. The first-order valence-electron chi connectivity index (χ1n) is 7.42. The van der Waals surface area contributed by atoms with Gasteiger partial charge in [-0.1, -0.05) is 30.3 Å². The molecule has 0 aliphatic carbocycles. The standard InChI is InChI=1S/C16H26N2O2/c1-16(20,13-19)12-17-15-7-9-18(10-8-15)11-14-5-3-2-4-6-14/h2-6,15,17,19-20H,7-13H2,1H3. The maximum atomic E-state index is 9.78. The van der Waals surface area contributed by atoms with E-state index in [0.29, 0.717) is 12.6 Å². The van der Waals surface area contributed by atoms with Crippen molar-refractivity contribution in [3.63, 3.8) is 0 Å². The number of hydrogen-bond donors (Lipinski definition) is 3. The summed E-state index contributed by atoms with van der Waals surface area (Å²) >= 11 is 0. The van der Waals surface area contributed by atoms with Crippen LogP contribution in [0.25, 0.3) is 0 Å². The lowest BCUT2D eigenvalue weighted by Gasteiger charge is -2.34. The molecule has 20 heavy (non-hydrogen) atoms. The third-order valence-corrected chi connectivity index (χ3v) is 3.95. The largest absolute Gasteiger partial charge is 0.393 e. The molecule has 1 aromatic rings. The van der Waals surface area contributed by atoms with Gasteiger partial charge in [0.1, 0.15) is 0 Å². The molecule has 0 radical (unpaired) electrons. The molecule has 2 rings (SSSR count). The van der Waals surface area contributed by atoms with E-state index in [2.05, 4.69) is 34.5 Å². The van der Waals surface area contributed by atoms with Gasteiger partial charge in [-0.05, 0) is 38.4 Å². The molecule has 0 saturated carbocycles. The van der Waals surface area contributed by atoms with Crippen molar-refractivity contribution in [1.82, 2.24) is 10.2 Å². The Bertz CT molecular complexity index is 387. The topological polar surface area (TPSA) is 55.7 Å². The van der Waals surface area contributed by atoms with E-state index in [4.69, 9.17) is 5.11 Å². The number of likely N-dealkylation sites (tertiary alicyclic amines) is 1. The lowest BCUT2D eigenvalue weighted by Crippen LogP contribution is -2.48. The molecule has 1 aliphatic heterocycles. The number of hydrogen-bond acceptors (Lipinski definition) is 4. The molecule has 0 spiro atoms. The van der Waals surface area contributed by atoms with E-state index in [-0.39, 0.29) is 6.61 Å². The van der Waals surface area contributed by atoms with Gasteiger partial charge in [0.05, 0.1) is 12.2 Å². The summed E-state index contributed by atoms with van der Waals surface area (Å²) in [6.07, 6.45) is 2.18. The molecule has 3 N–H and O–H groups in total. The minimum absolute atomic E-state index is 0.202. The molecule has 1 aromatic carbocycles. The molecule has 0 bridgehead atoms. The summed E-state index contributed by atoms with van der Waals surface area (Å²) in [5.41, 5.74) is 0.350. The summed E-state index contributed by atoms with van der Waals surface area (Å²) in [7, 11) is 0. The van der Waals surface area contributed by atoms with Gasteiger partial charge in [0.2, 0.25) is 0 Å². The monoisotopic (exact) mass is 278 g/mol. The molecule has 112 valence electrons. The van der Waals surface area contributed by atoms with E-state index in [9.17, 15) is 5.11 Å². The summed E-state index contributed by atoms with van der Waals surface area (Å²) < 4.78 is 0. The lowest BCUT2D eigenvalue weighted by atomic mass is 10.0. The van der Waals surface area contributed by atoms with Gasteiger partial charge < -0.3 is 15.5 Å². The van der Waals surface area contributed by atoms with Crippen LogP contribution in [0.5, 0.6) is 0 Å². The number of rotatable bonds is 6. The number of nitrogens with zero attached hydrogens (tertiary/aromatic N) is 1. The van der Waals surface area contributed by atoms with Crippen molar-refractivity contribution in [3.8, 4) is 0 Å². The zero-order chi connectivity index (χ0) is 14.4. The number of aliphatic hydroxyl groups is 2. The van der Waals surface area contributed by atoms with Gasteiger partial charge in [0.25, 0.3) is 0 Å². The number of nitrogens with one attached hydrogen (secondary N) is 1. The minimum atomic E-state index is -1.01. The Morgan fingerprint density at radius 1 is 1.25 bits per heavy atom. The zero-order valence-corrected chi connectivity index (χ0v) is 12.3. The quantitative estimate of drug-likeness (QED) is 0.726. The molecular weight excluding hydrogens is 252 g/mol. The van der Waals surface area contributed by atoms with Crippen LogP contribution in [0.15, 0.2) is 30.3 Å². The van der Waals surface area contributed by atoms with Crippen molar-refractivity contribution in [1.29, 1.82) is 0 Å². The number of aliphatic hydroxyl groups excluding tert-OH is 1. The second kappa shape index (κ2) is 7.18. The Kier molecular flexibility index (Phi) is 5.54. The van der Waals surface area contributed by atoms with Crippen molar-refractivity contribution in [3.05, 3.63) is 35.9 Å². The third-order valence-electron chi connectivity index (χ3n) is 3.95. The molecular formula is C16H26N2O2. The van der Waals surface area contributed by atoms with Crippen LogP contribution < -0.4 is 5.32 Å². The average Bonchev–Trinajstić information content (AvgIpc) is 2.48. The van der Waals surface area contributed by atoms with Gasteiger partial charge >= 0.3 is 0 Å². The average molecular weight is 278 g/mol. The van der Waals surface area contributed by atoms with E-state index in [1.807, 2.05) is 6.07 Å². The number of benzene rings is 1. The Morgan fingerprint density at radius 2 is 1.90 bits per heavy atom. The highest BCUT2D eigenvalue weighted by Gasteiger charge is 2.23. The molecule has 0 amide bonds. The predicted octanol–water partition coefficient (Wildman–Crippen LogP) is 0.984. The van der Waals surface area contributed by atoms with Crippen LogP contribution in [0.3, 0.4) is 0 Å². The molecule has 1 fully saturated rings. The first-order chi connectivity index (χ1) is 9.59. The van der Waals surface area contributed by atoms with E-state index in [0.717, 1.165) is 32.5 Å². The zero-order valence-electron chi connectivity index (χ0n) is 12.3. The van der Waals surface area contributed by atoms with Gasteiger partial charge in [0, 0.05) is 19.1 Å². The van der Waals surface area contributed by atoms with Crippen molar-refractivity contribution >= 4 is 0 Å². The molecule has 1 unspecified atom stereocenters. The van der Waals surface area contributed by atoms with Crippen LogP contribution in [0.1, 0.15) is 25.3 Å². The maximum absolute atomic E-state index is 9.78. The molecule has 1 saturated heterocycles. The maximum Gasteiger partial charge on any atom is 0.0972 e. The van der Waals surface area contributed by atoms with E-state index >= 15 is 0 Å². The third kappa shape index (κ3) is 4.87. The highest BCUT2D eigenvalue weighted by Crippen LogP contribution is 2.14. The highest BCUT2D eigenvalue weighted by molar-refractivity contribution is 5.14. The summed E-state index contributed by atoms with van der Waals surface area (Å²) in [4.78, 5) is 2.47. The fraction of sp³-hybridized carbons (Fsp3) is 0.625. The molecule has 1 atom stereocenters. The smallest absolute Gasteiger partial charge is 0.0972 e. The van der Waals surface area contributed by atoms with Gasteiger partial charge in [-0.15, -0.1) is 0 Å². The highest BCUT2D eigenvalue weighted by atomic mass is 16.3. The van der Waals surface area contributed by atoms with Crippen LogP contribution >= 0.6 is 0 Å². The van der Waals surface area contributed by atoms with Gasteiger partial charge in [0.15, 0.2) is 0 Å².